The van der Waals surface area contributed by atoms with E-state index in [0.717, 1.165) is 25.8 Å². The van der Waals surface area contributed by atoms with Gasteiger partial charge in [0, 0.05) is 18.2 Å². The number of carboxylic acids is 1. The predicted octanol–water partition coefficient (Wildman–Crippen LogP) is 2.65. The fraction of sp³-hybridized carbons (Fsp3) is 0.438. The monoisotopic (exact) mass is 358 g/mol. The van der Waals surface area contributed by atoms with Crippen LogP contribution < -0.4 is 10.6 Å². The molecule has 0 heterocycles. The van der Waals surface area contributed by atoms with Gasteiger partial charge in [0.25, 0.3) is 5.91 Å². The van der Waals surface area contributed by atoms with Crippen molar-refractivity contribution in [3.8, 4) is 0 Å². The Balaban J connectivity index is 2.26. The van der Waals surface area contributed by atoms with Crippen LogP contribution in [0.15, 0.2) is 18.2 Å². The fourth-order valence-corrected chi connectivity index (χ4v) is 2.35. The van der Waals surface area contributed by atoms with E-state index in [-0.39, 0.29) is 23.6 Å². The molecule has 1 atom stereocenters. The van der Waals surface area contributed by atoms with E-state index in [4.69, 9.17) is 5.11 Å². The van der Waals surface area contributed by atoms with Crippen molar-refractivity contribution in [1.82, 2.24) is 5.32 Å². The van der Waals surface area contributed by atoms with Crippen molar-refractivity contribution in [1.29, 1.82) is 0 Å². The number of hydrogen-bond donors (Lipinski definition) is 3. The number of carboxylic acid groups (broad SMARTS) is 1. The molecule has 0 bridgehead atoms. The van der Waals surface area contributed by atoms with Gasteiger partial charge < -0.3 is 15.7 Å². The number of amides is 2. The third-order valence-electron chi connectivity index (χ3n) is 3.71. The van der Waals surface area contributed by atoms with Crippen molar-refractivity contribution in [3.05, 3.63) is 29.3 Å². The van der Waals surface area contributed by atoms with E-state index in [1.54, 1.807) is 0 Å². The van der Waals surface area contributed by atoms with Gasteiger partial charge in [-0.15, -0.1) is 0 Å². The van der Waals surface area contributed by atoms with Gasteiger partial charge in [-0.1, -0.05) is 12.8 Å². The van der Waals surface area contributed by atoms with Crippen LogP contribution in [0.25, 0.3) is 0 Å². The molecule has 1 aromatic carbocycles. The Bertz CT molecular complexity index is 699. The van der Waals surface area contributed by atoms with E-state index in [9.17, 15) is 27.6 Å². The first-order valence-corrected chi connectivity index (χ1v) is 7.60. The number of carbonyl (C=O) groups is 3. The Kier molecular flexibility index (Phi) is 5.34. The second-order valence-electron chi connectivity index (χ2n) is 6.02. The lowest BCUT2D eigenvalue weighted by Gasteiger charge is -2.16. The van der Waals surface area contributed by atoms with Gasteiger partial charge in [0.1, 0.15) is 6.04 Å². The van der Waals surface area contributed by atoms with E-state index in [2.05, 4.69) is 10.6 Å². The van der Waals surface area contributed by atoms with Gasteiger partial charge in [-0.25, -0.2) is 4.79 Å². The van der Waals surface area contributed by atoms with E-state index in [1.165, 1.54) is 0 Å². The van der Waals surface area contributed by atoms with Crippen LogP contribution >= 0.6 is 0 Å². The van der Waals surface area contributed by atoms with E-state index in [1.807, 2.05) is 0 Å². The second kappa shape index (κ2) is 7.12. The Morgan fingerprint density at radius 3 is 2.36 bits per heavy atom. The largest absolute Gasteiger partial charge is 0.480 e. The summed E-state index contributed by atoms with van der Waals surface area (Å²) in [4.78, 5) is 34.5. The molecular weight excluding hydrogens is 341 g/mol. The lowest BCUT2D eigenvalue weighted by atomic mass is 10.1. The van der Waals surface area contributed by atoms with Crippen LogP contribution in [0, 0.1) is 5.92 Å². The van der Waals surface area contributed by atoms with Crippen molar-refractivity contribution < 1.29 is 32.7 Å². The van der Waals surface area contributed by atoms with Crippen LogP contribution in [0.2, 0.25) is 0 Å². The molecule has 1 fully saturated rings. The molecule has 2 amide bonds. The average Bonchev–Trinajstić information content (AvgIpc) is 3.28. The summed E-state index contributed by atoms with van der Waals surface area (Å²) >= 11 is 0. The summed E-state index contributed by atoms with van der Waals surface area (Å²) < 4.78 is 38.9. The Morgan fingerprint density at radius 2 is 1.88 bits per heavy atom. The summed E-state index contributed by atoms with van der Waals surface area (Å²) in [7, 11) is 0. The van der Waals surface area contributed by atoms with Gasteiger partial charge in [0.05, 0.1) is 5.56 Å². The smallest absolute Gasteiger partial charge is 0.416 e. The zero-order valence-electron chi connectivity index (χ0n) is 13.3. The molecule has 0 radical (unpaired) electrons. The molecule has 0 saturated heterocycles. The predicted molar refractivity (Wildman–Crippen MR) is 82.0 cm³/mol. The first-order chi connectivity index (χ1) is 11.6. The molecule has 25 heavy (non-hydrogen) atoms. The summed E-state index contributed by atoms with van der Waals surface area (Å²) in [6.07, 6.45) is -2.74. The summed E-state index contributed by atoms with van der Waals surface area (Å²) in [6, 6.07) is 1.23. The number of carbonyl (C=O) groups excluding carboxylic acids is 2. The number of alkyl halides is 3. The third kappa shape index (κ3) is 5.47. The van der Waals surface area contributed by atoms with Crippen LogP contribution in [0.4, 0.5) is 18.9 Å². The topological polar surface area (TPSA) is 95.5 Å². The molecule has 1 aromatic rings. The highest BCUT2D eigenvalue weighted by Gasteiger charge is 2.33. The Hall–Kier alpha value is -2.58. The molecule has 1 unspecified atom stereocenters. The molecule has 0 aromatic heterocycles. The highest BCUT2D eigenvalue weighted by Crippen LogP contribution is 2.34. The second-order valence-corrected chi connectivity index (χ2v) is 6.02. The zero-order valence-corrected chi connectivity index (χ0v) is 13.3. The number of nitrogens with one attached hydrogen (secondary N) is 2. The van der Waals surface area contributed by atoms with Crippen molar-refractivity contribution >= 4 is 23.5 Å². The molecule has 1 aliphatic rings. The van der Waals surface area contributed by atoms with Gasteiger partial charge in [-0.05, 0) is 30.5 Å². The molecule has 0 aliphatic heterocycles. The minimum absolute atomic E-state index is 0.193. The van der Waals surface area contributed by atoms with Crippen LogP contribution in [0.1, 0.15) is 42.1 Å². The number of anilines is 1. The van der Waals surface area contributed by atoms with Crippen LogP contribution in [-0.4, -0.2) is 28.9 Å². The zero-order chi connectivity index (χ0) is 18.8. The standard InChI is InChI=1S/C16H17F3N2O4/c1-8(22)20-12-6-10(5-11(7-12)16(17,18)19)14(23)21-13(15(24)25)4-9-2-3-9/h5-7,9,13H,2-4H2,1H3,(H,20,22)(H,21,23)(H,24,25). The maximum absolute atomic E-state index is 13.0. The number of halogens is 3. The molecule has 6 nitrogen and oxygen atoms in total. The van der Waals surface area contributed by atoms with Crippen LogP contribution in [-0.2, 0) is 15.8 Å². The number of rotatable bonds is 6. The molecular formula is C16H17F3N2O4. The number of hydrogen-bond acceptors (Lipinski definition) is 3. The molecule has 0 spiro atoms. The molecule has 2 rings (SSSR count). The minimum atomic E-state index is -4.72. The lowest BCUT2D eigenvalue weighted by Crippen LogP contribution is -2.41. The van der Waals surface area contributed by atoms with Gasteiger partial charge in [-0.3, -0.25) is 9.59 Å². The summed E-state index contributed by atoms with van der Waals surface area (Å²) in [5, 5.41) is 13.6. The Labute approximate surface area is 141 Å². The van der Waals surface area contributed by atoms with Crippen LogP contribution in [0.5, 0.6) is 0 Å². The fourth-order valence-electron chi connectivity index (χ4n) is 2.35. The summed E-state index contributed by atoms with van der Waals surface area (Å²) in [6.45, 7) is 1.12. The lowest BCUT2D eigenvalue weighted by molar-refractivity contribution is -0.140. The highest BCUT2D eigenvalue weighted by molar-refractivity contribution is 5.98. The van der Waals surface area contributed by atoms with Crippen molar-refractivity contribution in [2.75, 3.05) is 5.32 Å². The van der Waals surface area contributed by atoms with Crippen molar-refractivity contribution in [2.24, 2.45) is 5.92 Å². The molecule has 1 saturated carbocycles. The quantitative estimate of drug-likeness (QED) is 0.728. The SMILES string of the molecule is CC(=O)Nc1cc(C(=O)NC(CC2CC2)C(=O)O)cc(C(F)(F)F)c1. The maximum Gasteiger partial charge on any atom is 0.416 e. The first-order valence-electron chi connectivity index (χ1n) is 7.60. The molecule has 9 heteroatoms. The van der Waals surface area contributed by atoms with Gasteiger partial charge in [0.2, 0.25) is 5.91 Å². The molecule has 136 valence electrons. The Morgan fingerprint density at radius 1 is 1.24 bits per heavy atom. The van der Waals surface area contributed by atoms with E-state index >= 15 is 0 Å². The van der Waals surface area contributed by atoms with Gasteiger partial charge in [-0.2, -0.15) is 13.2 Å². The van der Waals surface area contributed by atoms with Crippen molar-refractivity contribution in [3.63, 3.8) is 0 Å². The average molecular weight is 358 g/mol. The van der Waals surface area contributed by atoms with Crippen molar-refractivity contribution in [2.45, 2.75) is 38.4 Å². The molecule has 1 aliphatic carbocycles. The van der Waals surface area contributed by atoms with Crippen LogP contribution in [0.3, 0.4) is 0 Å². The molecule has 3 N–H and O–H groups in total. The third-order valence-corrected chi connectivity index (χ3v) is 3.71. The van der Waals surface area contributed by atoms with E-state index < -0.39 is 35.6 Å². The number of aliphatic carboxylic acids is 1. The summed E-state index contributed by atoms with van der Waals surface area (Å²) in [5.41, 5.74) is -1.68. The normalized spacial score (nSPS) is 15.4. The van der Waals surface area contributed by atoms with Gasteiger partial charge >= 0.3 is 12.1 Å². The van der Waals surface area contributed by atoms with Gasteiger partial charge in [0.15, 0.2) is 0 Å². The maximum atomic E-state index is 13.0. The minimum Gasteiger partial charge on any atom is -0.480 e. The summed E-state index contributed by atoms with van der Waals surface area (Å²) in [5.74, 6) is -2.57. The number of benzene rings is 1. The van der Waals surface area contributed by atoms with E-state index in [0.29, 0.717) is 12.1 Å². The highest BCUT2D eigenvalue weighted by atomic mass is 19.4. The first kappa shape index (κ1) is 18.8.